The Bertz CT molecular complexity index is 523. The van der Waals surface area contributed by atoms with Gasteiger partial charge < -0.3 is 16.0 Å². The molecule has 0 unspecified atom stereocenters. The van der Waals surface area contributed by atoms with Gasteiger partial charge in [-0.15, -0.1) is 0 Å². The van der Waals surface area contributed by atoms with Crippen LogP contribution in [0.25, 0.3) is 0 Å². The van der Waals surface area contributed by atoms with Crippen molar-refractivity contribution >= 4 is 38.0 Å². The third kappa shape index (κ3) is 12.7. The first-order valence-corrected chi connectivity index (χ1v) is 7.43. The molecule has 23 heavy (non-hydrogen) atoms. The van der Waals surface area contributed by atoms with E-state index in [1.807, 2.05) is 6.20 Å². The van der Waals surface area contributed by atoms with Crippen LogP contribution in [0.15, 0.2) is 33.7 Å². The van der Waals surface area contributed by atoms with Gasteiger partial charge in [-0.3, -0.25) is 9.78 Å². The minimum Gasteiger partial charge on any atom is -1.00 e. The number of ether oxygens (including phenoxy) is 2. The van der Waals surface area contributed by atoms with E-state index in [4.69, 9.17) is 5.11 Å². The Hall–Kier alpha value is -0.390. The van der Waals surface area contributed by atoms with Gasteiger partial charge in [-0.2, -0.15) is 10.2 Å². The molecule has 1 aliphatic rings. The van der Waals surface area contributed by atoms with Gasteiger partial charge in [0.05, 0.1) is 34.5 Å². The van der Waals surface area contributed by atoms with Gasteiger partial charge in [-0.05, 0) is 31.9 Å². The molecule has 2 aromatic rings. The number of aliphatic hydroxyl groups is 1. The fourth-order valence-electron chi connectivity index (χ4n) is 1.09. The molecule has 1 saturated heterocycles. The Morgan fingerprint density at radius 3 is 2.22 bits per heavy atom. The number of carbonyl (C=O) groups excluding carboxylic acids is 1. The summed E-state index contributed by atoms with van der Waals surface area (Å²) in [5.74, 6) is 0. The Morgan fingerprint density at radius 1 is 1.30 bits per heavy atom. The Balaban J connectivity index is -0.000000266. The zero-order valence-corrected chi connectivity index (χ0v) is 17.1. The molecule has 11 heteroatoms. The number of carbonyl (C=O) groups is 1. The molecule has 1 aliphatic heterocycles. The SMILES string of the molecule is Brc1cn[nH]c1.C.O=C1OCCO1.OCCn1cc(Br)cn1.[H-].[Na+]. The third-order valence-corrected chi connectivity index (χ3v) is 2.76. The number of aromatic amines is 1. The number of hydrogen-bond acceptors (Lipinski definition) is 6. The minimum absolute atomic E-state index is 0. The van der Waals surface area contributed by atoms with E-state index >= 15 is 0 Å². The van der Waals surface area contributed by atoms with Gasteiger partial charge in [0.15, 0.2) is 0 Å². The van der Waals surface area contributed by atoms with Crippen LogP contribution in [0.2, 0.25) is 0 Å². The normalized spacial score (nSPS) is 11.3. The minimum atomic E-state index is -0.546. The van der Waals surface area contributed by atoms with Gasteiger partial charge in [0.2, 0.25) is 0 Å². The first-order valence-electron chi connectivity index (χ1n) is 5.84. The molecular weight excluding hydrogens is 447 g/mol. The predicted octanol–water partition coefficient (Wildman–Crippen LogP) is -0.284. The van der Waals surface area contributed by atoms with Crippen LogP contribution in [0.4, 0.5) is 4.79 Å². The van der Waals surface area contributed by atoms with Crippen LogP contribution in [-0.4, -0.2) is 51.1 Å². The molecule has 3 rings (SSSR count). The van der Waals surface area contributed by atoms with Crippen molar-refractivity contribution in [2.24, 2.45) is 0 Å². The van der Waals surface area contributed by atoms with E-state index in [0.717, 1.165) is 8.95 Å². The number of nitrogens with one attached hydrogen (secondary N) is 1. The van der Waals surface area contributed by atoms with Crippen LogP contribution in [-0.2, 0) is 16.0 Å². The number of halogens is 2. The van der Waals surface area contributed by atoms with Gasteiger partial charge >= 0.3 is 35.7 Å². The molecule has 0 amide bonds. The second-order valence-electron chi connectivity index (χ2n) is 3.51. The zero-order valence-electron chi connectivity index (χ0n) is 12.9. The van der Waals surface area contributed by atoms with Crippen LogP contribution in [0.5, 0.6) is 0 Å². The number of rotatable bonds is 2. The summed E-state index contributed by atoms with van der Waals surface area (Å²) < 4.78 is 12.2. The molecule has 126 valence electrons. The quantitative estimate of drug-likeness (QED) is 0.467. The number of aliphatic hydroxyl groups excluding tert-OH is 1. The molecule has 0 spiro atoms. The molecule has 0 radical (unpaired) electrons. The number of nitrogens with zero attached hydrogens (tertiary/aromatic N) is 3. The summed E-state index contributed by atoms with van der Waals surface area (Å²) in [5.41, 5.74) is 0. The maximum Gasteiger partial charge on any atom is 1.00 e. The average molecular weight is 466 g/mol. The molecular formula is C12H19Br2N4NaO4. The Morgan fingerprint density at radius 2 is 1.96 bits per heavy atom. The molecule has 0 saturated carbocycles. The summed E-state index contributed by atoms with van der Waals surface area (Å²) in [6, 6.07) is 0. The van der Waals surface area contributed by atoms with Crippen molar-refractivity contribution < 1.29 is 50.4 Å². The van der Waals surface area contributed by atoms with Gasteiger partial charge in [-0.25, -0.2) is 4.79 Å². The molecule has 2 N–H and O–H groups in total. The van der Waals surface area contributed by atoms with E-state index < -0.39 is 6.16 Å². The Labute approximate surface area is 175 Å². The summed E-state index contributed by atoms with van der Waals surface area (Å²) in [7, 11) is 0. The van der Waals surface area contributed by atoms with Crippen LogP contribution in [0.1, 0.15) is 8.85 Å². The molecule has 0 aromatic carbocycles. The van der Waals surface area contributed by atoms with Crippen molar-refractivity contribution in [3.8, 4) is 0 Å². The van der Waals surface area contributed by atoms with Crippen LogP contribution in [0, 0.1) is 0 Å². The largest absolute Gasteiger partial charge is 1.00 e. The van der Waals surface area contributed by atoms with Crippen molar-refractivity contribution in [2.45, 2.75) is 14.0 Å². The molecule has 0 atom stereocenters. The third-order valence-electron chi connectivity index (χ3n) is 1.92. The van der Waals surface area contributed by atoms with Crippen molar-refractivity contribution in [1.82, 2.24) is 20.0 Å². The summed E-state index contributed by atoms with van der Waals surface area (Å²) in [6.45, 7) is 1.53. The smallest absolute Gasteiger partial charge is 1.00 e. The summed E-state index contributed by atoms with van der Waals surface area (Å²) in [6.07, 6.45) is 6.42. The van der Waals surface area contributed by atoms with Crippen molar-refractivity contribution in [3.63, 3.8) is 0 Å². The first-order chi connectivity index (χ1) is 10.1. The number of hydrogen-bond donors (Lipinski definition) is 2. The van der Waals surface area contributed by atoms with E-state index in [1.165, 1.54) is 0 Å². The van der Waals surface area contributed by atoms with Gasteiger partial charge in [0, 0.05) is 12.4 Å². The van der Waals surface area contributed by atoms with Crippen LogP contribution < -0.4 is 29.6 Å². The maximum absolute atomic E-state index is 9.80. The fourth-order valence-corrected chi connectivity index (χ4v) is 1.62. The standard InChI is InChI=1S/C5H7BrN2O.C3H3BrN2.C3H4O3.CH4.Na.H/c6-5-3-7-8(4-5)1-2-9;4-3-1-5-6-2-3;4-3-5-1-2-6-3;;;/h3-4,9H,1-2H2;1-2H,(H,5,6);1-2H2;1H4;;/q;;;;+1;-1. The zero-order chi connectivity index (χ0) is 15.5. The Kier molecular flexibility index (Phi) is 16.4. The summed E-state index contributed by atoms with van der Waals surface area (Å²) in [4.78, 5) is 9.80. The summed E-state index contributed by atoms with van der Waals surface area (Å²) >= 11 is 6.42. The summed E-state index contributed by atoms with van der Waals surface area (Å²) in [5, 5.41) is 18.7. The monoisotopic (exact) mass is 464 g/mol. The molecule has 8 nitrogen and oxygen atoms in total. The van der Waals surface area contributed by atoms with Crippen molar-refractivity contribution in [3.05, 3.63) is 33.7 Å². The second-order valence-corrected chi connectivity index (χ2v) is 5.34. The number of aromatic nitrogens is 4. The topological polar surface area (TPSA) is 102 Å². The number of H-pyrrole nitrogens is 1. The van der Waals surface area contributed by atoms with E-state index in [-0.39, 0.29) is 45.0 Å². The van der Waals surface area contributed by atoms with E-state index in [1.54, 1.807) is 23.3 Å². The van der Waals surface area contributed by atoms with Crippen molar-refractivity contribution in [2.75, 3.05) is 19.8 Å². The van der Waals surface area contributed by atoms with Crippen LogP contribution >= 0.6 is 31.9 Å². The first kappa shape index (κ1) is 24.9. The molecule has 1 fully saturated rings. The fraction of sp³-hybridized carbons (Fsp3) is 0.417. The van der Waals surface area contributed by atoms with Gasteiger partial charge in [0.25, 0.3) is 0 Å². The molecule has 0 aliphatic carbocycles. The number of cyclic esters (lactones) is 2. The second kappa shape index (κ2) is 15.2. The van der Waals surface area contributed by atoms with Gasteiger partial charge in [0.1, 0.15) is 13.2 Å². The molecule has 0 bridgehead atoms. The average Bonchev–Trinajstić information content (AvgIpc) is 3.17. The van der Waals surface area contributed by atoms with Gasteiger partial charge in [-0.1, -0.05) is 7.43 Å². The molecule has 2 aromatic heterocycles. The predicted molar refractivity (Wildman–Crippen MR) is 88.4 cm³/mol. The van der Waals surface area contributed by atoms with E-state index in [2.05, 4.69) is 56.6 Å². The molecule has 3 heterocycles. The van der Waals surface area contributed by atoms with E-state index in [0.29, 0.717) is 19.8 Å². The van der Waals surface area contributed by atoms with E-state index in [9.17, 15) is 4.79 Å². The van der Waals surface area contributed by atoms with Crippen molar-refractivity contribution in [1.29, 1.82) is 0 Å². The maximum atomic E-state index is 9.80. The van der Waals surface area contributed by atoms with Crippen LogP contribution in [0.3, 0.4) is 0 Å².